The maximum atomic E-state index is 12.8. The van der Waals surface area contributed by atoms with Crippen LogP contribution in [-0.4, -0.2) is 24.5 Å². The second-order valence-electron chi connectivity index (χ2n) is 8.15. The van der Waals surface area contributed by atoms with Crippen molar-refractivity contribution < 1.29 is 18.3 Å². The third-order valence-electron chi connectivity index (χ3n) is 6.12. The number of aromatic nitrogens is 1. The zero-order chi connectivity index (χ0) is 21.5. The molecule has 0 amide bonds. The number of nitrogens with two attached hydrogens (primary N) is 1. The number of carboxylic acids is 1. The van der Waals surface area contributed by atoms with E-state index in [1.807, 2.05) is 37.3 Å². The van der Waals surface area contributed by atoms with Crippen LogP contribution in [0.4, 0.5) is 0 Å². The minimum atomic E-state index is -4.03. The summed E-state index contributed by atoms with van der Waals surface area (Å²) in [6.45, 7) is 1.92. The van der Waals surface area contributed by atoms with Crippen molar-refractivity contribution in [3.8, 4) is 11.3 Å². The molecule has 0 spiro atoms. The number of para-hydroxylation sites is 1. The minimum Gasteiger partial charge on any atom is -0.481 e. The van der Waals surface area contributed by atoms with Crippen LogP contribution in [0.25, 0.3) is 22.2 Å². The number of hydrogen-bond donors (Lipinski definition) is 3. The van der Waals surface area contributed by atoms with E-state index in [9.17, 15) is 18.3 Å². The van der Waals surface area contributed by atoms with Crippen LogP contribution in [0.2, 0.25) is 0 Å². The molecule has 0 radical (unpaired) electrons. The first-order valence-electron chi connectivity index (χ1n) is 10.3. The highest BCUT2D eigenvalue weighted by atomic mass is 32.2. The molecule has 158 valence electrons. The number of fused-ring (bicyclic) bond motifs is 1. The van der Waals surface area contributed by atoms with Crippen LogP contribution in [0, 0.1) is 6.92 Å². The number of aryl methyl sites for hydroxylation is 1. The molecule has 2 aromatic carbocycles. The highest BCUT2D eigenvalue weighted by Crippen LogP contribution is 2.43. The van der Waals surface area contributed by atoms with Gasteiger partial charge in [0.05, 0.1) is 17.0 Å². The lowest BCUT2D eigenvalue weighted by Crippen LogP contribution is -2.20. The van der Waals surface area contributed by atoms with E-state index in [-0.39, 0.29) is 17.2 Å². The number of hydrogen-bond acceptors (Lipinski definition) is 3. The number of aliphatic carboxylic acids is 1. The second kappa shape index (κ2) is 7.89. The molecule has 1 saturated carbocycles. The largest absolute Gasteiger partial charge is 0.481 e. The van der Waals surface area contributed by atoms with Gasteiger partial charge in [0.1, 0.15) is 0 Å². The summed E-state index contributed by atoms with van der Waals surface area (Å²) in [5, 5.41) is 16.0. The first-order valence-corrected chi connectivity index (χ1v) is 11.8. The van der Waals surface area contributed by atoms with Gasteiger partial charge in [0.2, 0.25) is 10.0 Å². The van der Waals surface area contributed by atoms with Gasteiger partial charge in [-0.2, -0.15) is 0 Å². The van der Waals surface area contributed by atoms with Gasteiger partial charge in [0, 0.05) is 16.5 Å². The number of sulfonamides is 1. The maximum absolute atomic E-state index is 12.8. The van der Waals surface area contributed by atoms with Crippen LogP contribution in [0.3, 0.4) is 0 Å². The van der Waals surface area contributed by atoms with Gasteiger partial charge in [-0.15, -0.1) is 0 Å². The lowest BCUT2D eigenvalue weighted by atomic mass is 9.81. The molecule has 0 bridgehead atoms. The molecule has 3 aromatic rings. The smallest absolute Gasteiger partial charge is 0.307 e. The molecule has 6 nitrogen and oxygen atoms in total. The van der Waals surface area contributed by atoms with E-state index < -0.39 is 16.0 Å². The summed E-state index contributed by atoms with van der Waals surface area (Å²) >= 11 is 0. The summed E-state index contributed by atoms with van der Waals surface area (Å²) in [7, 11) is -4.03. The fourth-order valence-electron chi connectivity index (χ4n) is 4.86. The van der Waals surface area contributed by atoms with E-state index in [1.54, 1.807) is 6.07 Å². The number of primary sulfonamides is 1. The topological polar surface area (TPSA) is 113 Å². The molecule has 30 heavy (non-hydrogen) atoms. The van der Waals surface area contributed by atoms with Crippen LogP contribution in [0.1, 0.15) is 54.7 Å². The normalized spacial score (nSPS) is 15.5. The van der Waals surface area contributed by atoms with E-state index in [1.165, 1.54) is 0 Å². The molecular formula is C23H26N2O4S. The third-order valence-corrected chi connectivity index (χ3v) is 7.13. The van der Waals surface area contributed by atoms with Gasteiger partial charge in [-0.1, -0.05) is 49.6 Å². The number of carboxylic acid groups (broad SMARTS) is 1. The van der Waals surface area contributed by atoms with E-state index in [4.69, 9.17) is 5.14 Å². The molecule has 4 N–H and O–H groups in total. The van der Waals surface area contributed by atoms with Gasteiger partial charge in [0.15, 0.2) is 0 Å². The Bertz CT molecular complexity index is 1220. The third kappa shape index (κ3) is 3.75. The van der Waals surface area contributed by atoms with E-state index in [0.717, 1.165) is 54.1 Å². The monoisotopic (exact) mass is 426 g/mol. The van der Waals surface area contributed by atoms with E-state index in [2.05, 4.69) is 4.98 Å². The van der Waals surface area contributed by atoms with Gasteiger partial charge < -0.3 is 10.1 Å². The number of aromatic amines is 1. The van der Waals surface area contributed by atoms with Crippen LogP contribution >= 0.6 is 0 Å². The maximum Gasteiger partial charge on any atom is 0.307 e. The molecule has 1 heterocycles. The summed E-state index contributed by atoms with van der Waals surface area (Å²) in [6.07, 6.45) is 4.94. The Morgan fingerprint density at radius 3 is 2.50 bits per heavy atom. The number of rotatable bonds is 5. The van der Waals surface area contributed by atoms with Crippen molar-refractivity contribution >= 4 is 26.9 Å². The van der Waals surface area contributed by atoms with Crippen molar-refractivity contribution in [1.82, 2.24) is 4.98 Å². The first-order chi connectivity index (χ1) is 14.3. The molecule has 0 atom stereocenters. The molecule has 0 saturated heterocycles. The number of benzene rings is 2. The standard InChI is InChI=1S/C23H26N2O4S/c1-14-11-12-17(23(30(24,28)29)21(14)15-7-3-2-4-8-15)22-18(13-20(26)27)16-9-5-6-10-19(16)25-22/h5-6,9-12,15,25H,2-4,7-8,13H2,1H3,(H,26,27)(H2,24,28,29). The Kier molecular flexibility index (Phi) is 5.42. The molecule has 0 aliphatic heterocycles. The fourth-order valence-corrected chi connectivity index (χ4v) is 5.98. The van der Waals surface area contributed by atoms with Crippen molar-refractivity contribution in [1.29, 1.82) is 0 Å². The molecule has 0 unspecified atom stereocenters. The average molecular weight is 427 g/mol. The average Bonchev–Trinajstić information content (AvgIpc) is 3.05. The van der Waals surface area contributed by atoms with Gasteiger partial charge >= 0.3 is 5.97 Å². The summed E-state index contributed by atoms with van der Waals surface area (Å²) in [5.41, 5.74) is 4.00. The quantitative estimate of drug-likeness (QED) is 0.559. The van der Waals surface area contributed by atoms with Crippen LogP contribution in [0.5, 0.6) is 0 Å². The summed E-state index contributed by atoms with van der Waals surface area (Å²) in [5.74, 6) is -0.836. The lowest BCUT2D eigenvalue weighted by molar-refractivity contribution is -0.136. The van der Waals surface area contributed by atoms with E-state index >= 15 is 0 Å². The predicted molar refractivity (Wildman–Crippen MR) is 117 cm³/mol. The Hall–Kier alpha value is -2.64. The fraction of sp³-hybridized carbons (Fsp3) is 0.348. The van der Waals surface area contributed by atoms with Crippen molar-refractivity contribution in [3.05, 3.63) is 53.1 Å². The molecule has 7 heteroatoms. The Morgan fingerprint density at radius 2 is 1.83 bits per heavy atom. The minimum absolute atomic E-state index is 0.132. The first kappa shape index (κ1) is 20.6. The number of carbonyl (C=O) groups is 1. The van der Waals surface area contributed by atoms with Crippen LogP contribution < -0.4 is 5.14 Å². The SMILES string of the molecule is Cc1ccc(-c2[nH]c3ccccc3c2CC(=O)O)c(S(N)(=O)=O)c1C1CCCCC1. The second-order valence-corrected chi connectivity index (χ2v) is 9.65. The molecule has 1 aliphatic rings. The highest BCUT2D eigenvalue weighted by Gasteiger charge is 2.30. The zero-order valence-electron chi connectivity index (χ0n) is 16.9. The Morgan fingerprint density at radius 1 is 1.13 bits per heavy atom. The molecule has 4 rings (SSSR count). The van der Waals surface area contributed by atoms with Crippen LogP contribution in [0.15, 0.2) is 41.3 Å². The molecule has 1 aliphatic carbocycles. The number of nitrogens with one attached hydrogen (secondary N) is 1. The van der Waals surface area contributed by atoms with Gasteiger partial charge in [-0.25, -0.2) is 13.6 Å². The van der Waals surface area contributed by atoms with Crippen molar-refractivity contribution in [2.45, 2.75) is 56.3 Å². The molecular weight excluding hydrogens is 400 g/mol. The molecule has 1 aromatic heterocycles. The van der Waals surface area contributed by atoms with E-state index in [0.29, 0.717) is 16.8 Å². The van der Waals surface area contributed by atoms with Crippen molar-refractivity contribution in [3.63, 3.8) is 0 Å². The summed E-state index contributed by atoms with van der Waals surface area (Å²) in [4.78, 5) is 15.0. The number of H-pyrrole nitrogens is 1. The van der Waals surface area contributed by atoms with Gasteiger partial charge in [0.25, 0.3) is 0 Å². The van der Waals surface area contributed by atoms with Gasteiger partial charge in [-0.3, -0.25) is 4.79 Å². The van der Waals surface area contributed by atoms with Crippen molar-refractivity contribution in [2.75, 3.05) is 0 Å². The van der Waals surface area contributed by atoms with Crippen molar-refractivity contribution in [2.24, 2.45) is 5.14 Å². The molecule has 1 fully saturated rings. The Labute approximate surface area is 176 Å². The Balaban J connectivity index is 2.04. The zero-order valence-corrected chi connectivity index (χ0v) is 17.8. The lowest BCUT2D eigenvalue weighted by Gasteiger charge is -2.27. The van der Waals surface area contributed by atoms with Crippen LogP contribution in [-0.2, 0) is 21.2 Å². The summed E-state index contributed by atoms with van der Waals surface area (Å²) in [6, 6.07) is 11.1. The highest BCUT2D eigenvalue weighted by molar-refractivity contribution is 7.89. The summed E-state index contributed by atoms with van der Waals surface area (Å²) < 4.78 is 25.7. The van der Waals surface area contributed by atoms with Gasteiger partial charge in [-0.05, 0) is 48.4 Å². The predicted octanol–water partition coefficient (Wildman–Crippen LogP) is 4.47.